The number of fused-ring (bicyclic) bond motifs is 2. The summed E-state index contributed by atoms with van der Waals surface area (Å²) in [4.78, 5) is 31.1. The van der Waals surface area contributed by atoms with E-state index in [1.54, 1.807) is 25.0 Å². The normalized spacial score (nSPS) is 11.2. The van der Waals surface area contributed by atoms with Crippen molar-refractivity contribution in [3.8, 4) is 44.8 Å². The quantitative estimate of drug-likeness (QED) is 0.281. The van der Waals surface area contributed by atoms with Crippen molar-refractivity contribution in [2.75, 3.05) is 0 Å². The Morgan fingerprint density at radius 1 is 0.395 bits per heavy atom. The van der Waals surface area contributed by atoms with Crippen LogP contribution >= 0.6 is 0 Å². The molecule has 178 valence electrons. The van der Waals surface area contributed by atoms with Gasteiger partial charge in [0.1, 0.15) is 12.7 Å². The number of aromatic nitrogens is 7. The summed E-state index contributed by atoms with van der Waals surface area (Å²) in [6.45, 7) is 0. The molecule has 0 amide bonds. The number of pyridine rings is 3. The molecule has 7 nitrogen and oxygen atoms in total. The minimum Gasteiger partial charge on any atom is -0.264 e. The van der Waals surface area contributed by atoms with Crippen LogP contribution in [0, 0.1) is 0 Å². The molecule has 0 spiro atoms. The van der Waals surface area contributed by atoms with Crippen LogP contribution in [0.4, 0.5) is 0 Å². The fourth-order valence-electron chi connectivity index (χ4n) is 4.69. The van der Waals surface area contributed by atoms with Crippen LogP contribution in [0.2, 0.25) is 0 Å². The van der Waals surface area contributed by atoms with Crippen LogP contribution in [-0.4, -0.2) is 34.9 Å². The van der Waals surface area contributed by atoms with Crippen LogP contribution in [0.5, 0.6) is 0 Å². The second-order valence-corrected chi connectivity index (χ2v) is 8.85. The fraction of sp³-hybridized carbons (Fsp3) is 0. The predicted octanol–water partition coefficient (Wildman–Crippen LogP) is 6.43. The summed E-state index contributed by atoms with van der Waals surface area (Å²) >= 11 is 0. The molecule has 0 aliphatic rings. The fourth-order valence-corrected chi connectivity index (χ4v) is 4.69. The van der Waals surface area contributed by atoms with Crippen molar-refractivity contribution in [3.63, 3.8) is 0 Å². The zero-order valence-electron chi connectivity index (χ0n) is 20.1. The van der Waals surface area contributed by atoms with Gasteiger partial charge in [-0.05, 0) is 65.7 Å². The Balaban J connectivity index is 1.33. The molecule has 0 saturated heterocycles. The second-order valence-electron chi connectivity index (χ2n) is 8.85. The highest BCUT2D eigenvalue weighted by molar-refractivity contribution is 5.96. The van der Waals surface area contributed by atoms with Gasteiger partial charge in [0, 0.05) is 70.2 Å². The molecule has 0 fully saturated rings. The SMILES string of the molecule is c1cncc(-c2ncnc3ccc(-c4cncc(-c5ccc6ncnc(-c7cccnc7)c6c5)c4)cc23)c1. The Labute approximate surface area is 218 Å². The molecule has 0 atom stereocenters. The van der Waals surface area contributed by atoms with Gasteiger partial charge in [-0.3, -0.25) is 15.0 Å². The standard InChI is InChI=1S/C31H19N7/c1-3-22(14-32-9-1)30-26-12-20(5-7-28(26)35-18-37-30)24-11-25(17-34-16-24)21-6-8-29-27(13-21)31(38-19-36-29)23-4-2-10-33-15-23/h1-19H. The molecule has 0 aliphatic heterocycles. The first-order valence-corrected chi connectivity index (χ1v) is 12.1. The lowest BCUT2D eigenvalue weighted by Gasteiger charge is -2.10. The molecule has 38 heavy (non-hydrogen) atoms. The molecule has 2 aromatic carbocycles. The first-order valence-electron chi connectivity index (χ1n) is 12.1. The Hall–Kier alpha value is -5.43. The molecule has 7 aromatic rings. The maximum Gasteiger partial charge on any atom is 0.116 e. The van der Waals surface area contributed by atoms with Crippen molar-refractivity contribution in [3.05, 3.63) is 117 Å². The summed E-state index contributed by atoms with van der Waals surface area (Å²) in [5, 5.41) is 1.93. The van der Waals surface area contributed by atoms with Crippen LogP contribution in [0.25, 0.3) is 66.6 Å². The first kappa shape index (κ1) is 21.8. The van der Waals surface area contributed by atoms with Gasteiger partial charge in [-0.25, -0.2) is 19.9 Å². The van der Waals surface area contributed by atoms with Crippen molar-refractivity contribution in [2.45, 2.75) is 0 Å². The van der Waals surface area contributed by atoms with E-state index in [4.69, 9.17) is 0 Å². The highest BCUT2D eigenvalue weighted by Crippen LogP contribution is 2.33. The van der Waals surface area contributed by atoms with Gasteiger partial charge < -0.3 is 0 Å². The van der Waals surface area contributed by atoms with E-state index in [-0.39, 0.29) is 0 Å². The average Bonchev–Trinajstić information content (AvgIpc) is 3.01. The Morgan fingerprint density at radius 2 is 0.895 bits per heavy atom. The third kappa shape index (κ3) is 3.92. The Morgan fingerprint density at radius 3 is 1.37 bits per heavy atom. The lowest BCUT2D eigenvalue weighted by atomic mass is 9.98. The monoisotopic (exact) mass is 489 g/mol. The van der Waals surface area contributed by atoms with Gasteiger partial charge in [-0.2, -0.15) is 0 Å². The van der Waals surface area contributed by atoms with Gasteiger partial charge in [-0.15, -0.1) is 0 Å². The van der Waals surface area contributed by atoms with E-state index in [1.165, 1.54) is 0 Å². The summed E-state index contributed by atoms with van der Waals surface area (Å²) in [6, 6.07) is 22.4. The molecule has 0 aliphatic carbocycles. The molecular formula is C31H19N7. The molecule has 0 N–H and O–H groups in total. The number of hydrogen-bond acceptors (Lipinski definition) is 7. The van der Waals surface area contributed by atoms with Crippen LogP contribution in [0.15, 0.2) is 117 Å². The van der Waals surface area contributed by atoms with E-state index in [1.807, 2.05) is 61.2 Å². The minimum absolute atomic E-state index is 0.853. The van der Waals surface area contributed by atoms with E-state index in [9.17, 15) is 0 Å². The van der Waals surface area contributed by atoms with E-state index >= 15 is 0 Å². The van der Waals surface area contributed by atoms with Gasteiger partial charge in [0.25, 0.3) is 0 Å². The number of hydrogen-bond donors (Lipinski definition) is 0. The lowest BCUT2D eigenvalue weighted by molar-refractivity contribution is 1.21. The Kier molecular flexibility index (Phi) is 5.29. The average molecular weight is 490 g/mol. The summed E-state index contributed by atoms with van der Waals surface area (Å²) in [5.74, 6) is 0. The van der Waals surface area contributed by atoms with Crippen LogP contribution in [0.3, 0.4) is 0 Å². The van der Waals surface area contributed by atoms with Crippen LogP contribution < -0.4 is 0 Å². The summed E-state index contributed by atoms with van der Waals surface area (Å²) in [6.07, 6.45) is 14.1. The van der Waals surface area contributed by atoms with E-state index < -0.39 is 0 Å². The van der Waals surface area contributed by atoms with Crippen molar-refractivity contribution in [2.24, 2.45) is 0 Å². The minimum atomic E-state index is 0.853. The zero-order valence-corrected chi connectivity index (χ0v) is 20.1. The predicted molar refractivity (Wildman–Crippen MR) is 148 cm³/mol. The maximum atomic E-state index is 4.58. The molecule has 0 bridgehead atoms. The molecule has 5 heterocycles. The van der Waals surface area contributed by atoms with Gasteiger partial charge >= 0.3 is 0 Å². The highest BCUT2D eigenvalue weighted by Gasteiger charge is 2.11. The topological polar surface area (TPSA) is 90.2 Å². The van der Waals surface area contributed by atoms with Gasteiger partial charge in [0.2, 0.25) is 0 Å². The van der Waals surface area contributed by atoms with E-state index in [2.05, 4.69) is 65.2 Å². The van der Waals surface area contributed by atoms with Gasteiger partial charge in [-0.1, -0.05) is 12.1 Å². The molecule has 5 aromatic heterocycles. The first-order chi connectivity index (χ1) is 18.8. The molecule has 0 unspecified atom stereocenters. The molecule has 7 heteroatoms. The van der Waals surface area contributed by atoms with Gasteiger partial charge in [0.15, 0.2) is 0 Å². The Bertz CT molecular complexity index is 1780. The molecule has 0 saturated carbocycles. The van der Waals surface area contributed by atoms with Crippen molar-refractivity contribution < 1.29 is 0 Å². The third-order valence-electron chi connectivity index (χ3n) is 6.55. The van der Waals surface area contributed by atoms with Crippen molar-refractivity contribution in [1.82, 2.24) is 34.9 Å². The largest absolute Gasteiger partial charge is 0.264 e. The summed E-state index contributed by atoms with van der Waals surface area (Å²) < 4.78 is 0. The number of nitrogens with zero attached hydrogens (tertiary/aromatic N) is 7. The van der Waals surface area contributed by atoms with Crippen LogP contribution in [-0.2, 0) is 0 Å². The third-order valence-corrected chi connectivity index (χ3v) is 6.55. The van der Waals surface area contributed by atoms with E-state index in [0.717, 1.165) is 66.6 Å². The summed E-state index contributed by atoms with van der Waals surface area (Å²) in [5.41, 5.74) is 9.44. The van der Waals surface area contributed by atoms with Gasteiger partial charge in [0.05, 0.1) is 22.4 Å². The van der Waals surface area contributed by atoms with Crippen molar-refractivity contribution in [1.29, 1.82) is 0 Å². The smallest absolute Gasteiger partial charge is 0.116 e. The molecule has 7 rings (SSSR count). The lowest BCUT2D eigenvalue weighted by Crippen LogP contribution is -1.92. The number of benzene rings is 2. The zero-order chi connectivity index (χ0) is 25.3. The maximum absolute atomic E-state index is 4.58. The second kappa shape index (κ2) is 9.22. The summed E-state index contributed by atoms with van der Waals surface area (Å²) in [7, 11) is 0. The van der Waals surface area contributed by atoms with Crippen LogP contribution in [0.1, 0.15) is 0 Å². The van der Waals surface area contributed by atoms with Crippen molar-refractivity contribution >= 4 is 21.8 Å². The van der Waals surface area contributed by atoms with E-state index in [0.29, 0.717) is 0 Å². The molecular weight excluding hydrogens is 470 g/mol. The number of rotatable bonds is 4. The highest BCUT2D eigenvalue weighted by atomic mass is 14.8. The molecule has 0 radical (unpaired) electrons.